The molecule has 31 heavy (non-hydrogen) atoms. The Morgan fingerprint density at radius 2 is 1.77 bits per heavy atom. The highest BCUT2D eigenvalue weighted by atomic mass is 16.4. The Morgan fingerprint density at radius 3 is 2.45 bits per heavy atom. The van der Waals surface area contributed by atoms with Gasteiger partial charge in [-0.3, -0.25) is 4.79 Å². The van der Waals surface area contributed by atoms with E-state index < -0.39 is 5.97 Å². The van der Waals surface area contributed by atoms with Crippen LogP contribution in [-0.4, -0.2) is 31.2 Å². The summed E-state index contributed by atoms with van der Waals surface area (Å²) in [6, 6.07) is 14.6. The second kappa shape index (κ2) is 7.83. The lowest BCUT2D eigenvalue weighted by atomic mass is 9.92. The Balaban J connectivity index is 1.65. The van der Waals surface area contributed by atoms with Crippen molar-refractivity contribution in [3.8, 4) is 11.1 Å². The number of aromatic nitrogens is 4. The van der Waals surface area contributed by atoms with Crippen molar-refractivity contribution >= 4 is 17.0 Å². The van der Waals surface area contributed by atoms with Crippen molar-refractivity contribution in [1.82, 2.24) is 20.2 Å². The molecule has 0 aliphatic heterocycles. The molecule has 0 saturated carbocycles. The van der Waals surface area contributed by atoms with Crippen LogP contribution >= 0.6 is 0 Å². The van der Waals surface area contributed by atoms with E-state index in [1.54, 1.807) is 18.2 Å². The minimum atomic E-state index is -0.955. The highest BCUT2D eigenvalue weighted by Crippen LogP contribution is 2.25. The van der Waals surface area contributed by atoms with E-state index in [2.05, 4.69) is 40.9 Å². The highest BCUT2D eigenvalue weighted by Gasteiger charge is 2.18. The van der Waals surface area contributed by atoms with Gasteiger partial charge in [-0.1, -0.05) is 63.2 Å². The number of rotatable bonds is 5. The van der Waals surface area contributed by atoms with E-state index in [-0.39, 0.29) is 16.5 Å². The number of imidazole rings is 1. The number of hydrogen-bond acceptors (Lipinski definition) is 4. The van der Waals surface area contributed by atoms with Crippen molar-refractivity contribution < 1.29 is 9.90 Å². The minimum absolute atomic E-state index is 0.0380. The summed E-state index contributed by atoms with van der Waals surface area (Å²) in [4.78, 5) is 31.5. The molecule has 0 aliphatic rings. The quantitative estimate of drug-likeness (QED) is 0.452. The third kappa shape index (κ3) is 4.40. The molecule has 158 valence electrons. The summed E-state index contributed by atoms with van der Waals surface area (Å²) in [5.41, 5.74) is 4.21. The molecule has 7 heteroatoms. The molecule has 2 aromatic heterocycles. The smallest absolute Gasteiger partial charge is 0.336 e. The number of aromatic carboxylic acids is 1. The summed E-state index contributed by atoms with van der Waals surface area (Å²) in [6.07, 6.45) is 1.21. The van der Waals surface area contributed by atoms with Crippen molar-refractivity contribution in [3.63, 3.8) is 0 Å². The zero-order chi connectivity index (χ0) is 22.2. The molecule has 0 aliphatic carbocycles. The van der Waals surface area contributed by atoms with E-state index in [0.29, 0.717) is 28.7 Å². The van der Waals surface area contributed by atoms with Crippen LogP contribution in [0.5, 0.6) is 0 Å². The zero-order valence-electron chi connectivity index (χ0n) is 17.7. The monoisotopic (exact) mass is 416 g/mol. The summed E-state index contributed by atoms with van der Waals surface area (Å²) in [6.45, 7) is 6.36. The fraction of sp³-hybridized carbons (Fsp3) is 0.250. The summed E-state index contributed by atoms with van der Waals surface area (Å²) >= 11 is 0. The van der Waals surface area contributed by atoms with Gasteiger partial charge in [0, 0.05) is 12.8 Å². The minimum Gasteiger partial charge on any atom is -0.478 e. The molecule has 0 atom stereocenters. The van der Waals surface area contributed by atoms with E-state index in [0.717, 1.165) is 23.4 Å². The average Bonchev–Trinajstić information content (AvgIpc) is 3.13. The van der Waals surface area contributed by atoms with Crippen molar-refractivity contribution in [2.75, 3.05) is 0 Å². The van der Waals surface area contributed by atoms with Crippen molar-refractivity contribution in [3.05, 3.63) is 81.5 Å². The van der Waals surface area contributed by atoms with Gasteiger partial charge in [-0.2, -0.15) is 5.10 Å². The van der Waals surface area contributed by atoms with Gasteiger partial charge in [0.2, 0.25) is 0 Å². The summed E-state index contributed by atoms with van der Waals surface area (Å²) < 4.78 is 0. The highest BCUT2D eigenvalue weighted by molar-refractivity contribution is 5.96. The van der Waals surface area contributed by atoms with Crippen molar-refractivity contribution in [2.45, 2.75) is 33.6 Å². The van der Waals surface area contributed by atoms with Crippen molar-refractivity contribution in [1.29, 1.82) is 0 Å². The number of hydrogen-bond donors (Lipinski definition) is 3. The van der Waals surface area contributed by atoms with Crippen LogP contribution in [0.25, 0.3) is 22.2 Å². The Bertz CT molecular complexity index is 1310. The molecule has 0 saturated heterocycles. The van der Waals surface area contributed by atoms with Gasteiger partial charge in [-0.05, 0) is 28.2 Å². The number of nitrogens with zero attached hydrogens (tertiary/aromatic N) is 2. The number of carbonyl (C=O) groups is 1. The Hall–Kier alpha value is -3.74. The fourth-order valence-corrected chi connectivity index (χ4v) is 3.65. The molecule has 0 unspecified atom stereocenters. The first kappa shape index (κ1) is 20.5. The molecule has 0 amide bonds. The summed E-state index contributed by atoms with van der Waals surface area (Å²) in [7, 11) is 0. The van der Waals surface area contributed by atoms with Crippen LogP contribution in [0.4, 0.5) is 0 Å². The zero-order valence-corrected chi connectivity index (χ0v) is 17.7. The lowest BCUT2D eigenvalue weighted by molar-refractivity contribution is 0.0697. The maximum Gasteiger partial charge on any atom is 0.336 e. The normalized spacial score (nSPS) is 11.7. The number of carboxylic acids is 1. The first-order valence-electron chi connectivity index (χ1n) is 10.1. The molecular weight excluding hydrogens is 392 g/mol. The lowest BCUT2D eigenvalue weighted by Crippen LogP contribution is -2.11. The number of aromatic amines is 2. The standard InChI is InChI=1S/C24H24N4O3/c1-24(2,3)13-19-25-20-18(27-28-22(29)21(20)26-19)12-14-8-10-15(11-9-14)16-6-4-5-7-17(16)23(30)31/h4-11H,12-13H2,1-3H3,(H,25,26)(H,28,29)(H,30,31). The molecule has 0 radical (unpaired) electrons. The van der Waals surface area contributed by atoms with Gasteiger partial charge in [0.15, 0.2) is 0 Å². The third-order valence-corrected chi connectivity index (χ3v) is 5.04. The van der Waals surface area contributed by atoms with E-state index in [4.69, 9.17) is 0 Å². The fourth-order valence-electron chi connectivity index (χ4n) is 3.65. The van der Waals surface area contributed by atoms with Crippen LogP contribution in [0, 0.1) is 5.41 Å². The number of benzene rings is 2. The van der Waals surface area contributed by atoms with Gasteiger partial charge < -0.3 is 10.1 Å². The van der Waals surface area contributed by atoms with E-state index >= 15 is 0 Å². The maximum absolute atomic E-state index is 12.2. The molecule has 0 bridgehead atoms. The van der Waals surface area contributed by atoms with Crippen LogP contribution in [0.1, 0.15) is 48.2 Å². The van der Waals surface area contributed by atoms with Gasteiger partial charge in [0.25, 0.3) is 5.56 Å². The van der Waals surface area contributed by atoms with E-state index in [1.807, 2.05) is 30.3 Å². The molecule has 4 aromatic rings. The summed E-state index contributed by atoms with van der Waals surface area (Å²) in [5, 5.41) is 16.2. The predicted molar refractivity (Wildman–Crippen MR) is 119 cm³/mol. The first-order chi connectivity index (χ1) is 14.7. The average molecular weight is 416 g/mol. The number of fused-ring (bicyclic) bond motifs is 1. The number of carboxylic acid groups (broad SMARTS) is 1. The predicted octanol–water partition coefficient (Wildman–Crippen LogP) is 4.19. The largest absolute Gasteiger partial charge is 0.478 e. The second-order valence-electron chi connectivity index (χ2n) is 8.87. The van der Waals surface area contributed by atoms with Gasteiger partial charge in [0.1, 0.15) is 16.9 Å². The topological polar surface area (TPSA) is 112 Å². The maximum atomic E-state index is 12.2. The van der Waals surface area contributed by atoms with Gasteiger partial charge in [-0.25, -0.2) is 14.9 Å². The molecule has 2 aromatic carbocycles. The number of nitrogens with one attached hydrogen (secondary N) is 2. The first-order valence-corrected chi connectivity index (χ1v) is 10.1. The molecule has 3 N–H and O–H groups in total. The van der Waals surface area contributed by atoms with Crippen LogP contribution in [0.3, 0.4) is 0 Å². The molecule has 2 heterocycles. The third-order valence-electron chi connectivity index (χ3n) is 5.04. The molecule has 0 fully saturated rings. The van der Waals surface area contributed by atoms with Gasteiger partial charge in [0.05, 0.1) is 11.3 Å². The second-order valence-corrected chi connectivity index (χ2v) is 8.87. The summed E-state index contributed by atoms with van der Waals surface area (Å²) in [5.74, 6) is -0.188. The van der Waals surface area contributed by atoms with Crippen LogP contribution in [0.2, 0.25) is 0 Å². The Morgan fingerprint density at radius 1 is 1.06 bits per heavy atom. The number of H-pyrrole nitrogens is 2. The van der Waals surface area contributed by atoms with Crippen LogP contribution in [0.15, 0.2) is 53.3 Å². The molecular formula is C24H24N4O3. The molecule has 4 rings (SSSR count). The lowest BCUT2D eigenvalue weighted by Gasteiger charge is -2.15. The van der Waals surface area contributed by atoms with E-state index in [1.165, 1.54) is 0 Å². The van der Waals surface area contributed by atoms with Gasteiger partial charge >= 0.3 is 5.97 Å². The van der Waals surface area contributed by atoms with E-state index in [9.17, 15) is 14.7 Å². The molecule has 0 spiro atoms. The van der Waals surface area contributed by atoms with Crippen LogP contribution in [-0.2, 0) is 12.8 Å². The Kier molecular flexibility index (Phi) is 5.19. The van der Waals surface area contributed by atoms with Gasteiger partial charge in [-0.15, -0.1) is 0 Å². The van der Waals surface area contributed by atoms with Crippen LogP contribution < -0.4 is 5.56 Å². The SMILES string of the molecule is CC(C)(C)Cc1nc2c(Cc3ccc(-c4ccccc4C(=O)O)cc3)n[nH]c(=O)c2[nH]1. The molecule has 7 nitrogen and oxygen atoms in total. The Labute approximate surface area is 179 Å². The van der Waals surface area contributed by atoms with Crippen molar-refractivity contribution in [2.24, 2.45) is 5.41 Å².